The first kappa shape index (κ1) is 7.13. The summed E-state index contributed by atoms with van der Waals surface area (Å²) in [6.07, 6.45) is 3.25. The number of aryl methyl sites for hydroxylation is 1. The van der Waals surface area contributed by atoms with Crippen LogP contribution < -0.4 is 4.74 Å². The molecule has 1 N–H and O–H groups in total. The van der Waals surface area contributed by atoms with Gasteiger partial charge in [0.25, 0.3) is 6.26 Å². The number of hydrogen-bond acceptors (Lipinski definition) is 4. The maximum Gasteiger partial charge on any atom is 0.292 e. The summed E-state index contributed by atoms with van der Waals surface area (Å²) >= 11 is 1.54. The van der Waals surface area contributed by atoms with Crippen molar-refractivity contribution in [3.63, 3.8) is 0 Å². The maximum atomic E-state index is 8.29. The highest BCUT2D eigenvalue weighted by molar-refractivity contribution is 7.18. The standard InChI is InChI=1S/C7H5N3OS/c1-4-10-6-5(11-3-8)2-9-7(6)12-4/h2,9H,1H3. The van der Waals surface area contributed by atoms with Crippen LogP contribution in [0.2, 0.25) is 0 Å². The minimum atomic E-state index is 0.497. The molecular formula is C7H5N3OS. The van der Waals surface area contributed by atoms with Gasteiger partial charge in [-0.2, -0.15) is 0 Å². The molecule has 0 saturated carbocycles. The lowest BCUT2D eigenvalue weighted by Crippen LogP contribution is -1.78. The van der Waals surface area contributed by atoms with Crippen LogP contribution in [0.4, 0.5) is 0 Å². The van der Waals surface area contributed by atoms with Crippen molar-refractivity contribution in [3.05, 3.63) is 11.2 Å². The smallest absolute Gasteiger partial charge is 0.292 e. The van der Waals surface area contributed by atoms with E-state index in [9.17, 15) is 0 Å². The summed E-state index contributed by atoms with van der Waals surface area (Å²) < 4.78 is 4.69. The molecule has 60 valence electrons. The fourth-order valence-corrected chi connectivity index (χ4v) is 1.81. The Labute approximate surface area is 72.4 Å². The van der Waals surface area contributed by atoms with Crippen LogP contribution in [0, 0.1) is 18.4 Å². The summed E-state index contributed by atoms with van der Waals surface area (Å²) in [5, 5.41) is 9.25. The number of H-pyrrole nitrogens is 1. The molecule has 0 saturated heterocycles. The molecule has 0 spiro atoms. The Morgan fingerprint density at radius 2 is 2.58 bits per heavy atom. The third kappa shape index (κ3) is 0.933. The minimum Gasteiger partial charge on any atom is -0.384 e. The Morgan fingerprint density at radius 3 is 3.33 bits per heavy atom. The largest absolute Gasteiger partial charge is 0.384 e. The Hall–Kier alpha value is -1.54. The second-order valence-electron chi connectivity index (χ2n) is 2.26. The first-order valence-corrected chi connectivity index (χ1v) is 4.13. The first-order chi connectivity index (χ1) is 5.81. The molecule has 0 amide bonds. The van der Waals surface area contributed by atoms with E-state index in [0.717, 1.165) is 15.4 Å². The van der Waals surface area contributed by atoms with Gasteiger partial charge < -0.3 is 9.72 Å². The van der Waals surface area contributed by atoms with Gasteiger partial charge in [-0.1, -0.05) is 0 Å². The molecule has 0 aliphatic rings. The molecule has 0 radical (unpaired) electrons. The van der Waals surface area contributed by atoms with Crippen molar-refractivity contribution in [3.8, 4) is 12.0 Å². The lowest BCUT2D eigenvalue weighted by atomic mass is 10.5. The normalized spacial score (nSPS) is 10.0. The van der Waals surface area contributed by atoms with Crippen molar-refractivity contribution in [2.24, 2.45) is 0 Å². The first-order valence-electron chi connectivity index (χ1n) is 3.31. The van der Waals surface area contributed by atoms with Crippen molar-refractivity contribution in [2.75, 3.05) is 0 Å². The number of nitrogens with one attached hydrogen (secondary N) is 1. The number of hydrogen-bond donors (Lipinski definition) is 1. The third-order valence-corrected chi connectivity index (χ3v) is 2.36. The number of ether oxygens (including phenoxy) is 1. The zero-order chi connectivity index (χ0) is 8.55. The van der Waals surface area contributed by atoms with Gasteiger partial charge in [0.1, 0.15) is 10.3 Å². The summed E-state index contributed by atoms with van der Waals surface area (Å²) in [5.74, 6) is 0.497. The number of aromatic amines is 1. The van der Waals surface area contributed by atoms with Gasteiger partial charge in [0, 0.05) is 6.20 Å². The van der Waals surface area contributed by atoms with Crippen LogP contribution in [-0.4, -0.2) is 9.97 Å². The maximum absolute atomic E-state index is 8.29. The highest BCUT2D eigenvalue weighted by atomic mass is 32.1. The number of fused-ring (bicyclic) bond motifs is 1. The molecule has 2 rings (SSSR count). The SMILES string of the molecule is Cc1nc2c(OC#N)c[nH]c2s1. The van der Waals surface area contributed by atoms with Crippen molar-refractivity contribution >= 4 is 21.7 Å². The molecule has 12 heavy (non-hydrogen) atoms. The molecule has 0 aliphatic heterocycles. The highest BCUT2D eigenvalue weighted by Gasteiger charge is 2.08. The van der Waals surface area contributed by atoms with Gasteiger partial charge in [0.05, 0.1) is 5.01 Å². The lowest BCUT2D eigenvalue weighted by molar-refractivity contribution is 0.512. The summed E-state index contributed by atoms with van der Waals surface area (Å²) in [6.45, 7) is 1.91. The average molecular weight is 179 g/mol. The van der Waals surface area contributed by atoms with Crippen LogP contribution in [0.15, 0.2) is 6.20 Å². The second kappa shape index (κ2) is 2.50. The second-order valence-corrected chi connectivity index (χ2v) is 3.46. The molecule has 0 aromatic carbocycles. The Bertz CT molecular complexity index is 451. The molecule has 0 fully saturated rings. The van der Waals surface area contributed by atoms with E-state index in [-0.39, 0.29) is 0 Å². The van der Waals surface area contributed by atoms with E-state index in [2.05, 4.69) is 9.97 Å². The van der Waals surface area contributed by atoms with Gasteiger partial charge in [-0.15, -0.1) is 16.6 Å². The van der Waals surface area contributed by atoms with E-state index in [1.165, 1.54) is 0 Å². The van der Waals surface area contributed by atoms with Crippen LogP contribution in [-0.2, 0) is 0 Å². The van der Waals surface area contributed by atoms with Gasteiger partial charge in [0.15, 0.2) is 5.75 Å². The molecule has 2 aromatic rings. The van der Waals surface area contributed by atoms with E-state index in [0.29, 0.717) is 5.75 Å². The van der Waals surface area contributed by atoms with E-state index in [1.54, 1.807) is 23.8 Å². The van der Waals surface area contributed by atoms with Crippen LogP contribution in [0.5, 0.6) is 5.75 Å². The van der Waals surface area contributed by atoms with Gasteiger partial charge in [-0.3, -0.25) is 0 Å². The third-order valence-electron chi connectivity index (χ3n) is 1.46. The van der Waals surface area contributed by atoms with Crippen LogP contribution in [0.25, 0.3) is 10.3 Å². The Morgan fingerprint density at radius 1 is 1.75 bits per heavy atom. The number of aromatic nitrogens is 2. The fourth-order valence-electron chi connectivity index (χ4n) is 1.02. The molecule has 0 unspecified atom stereocenters. The molecule has 0 aliphatic carbocycles. The van der Waals surface area contributed by atoms with E-state index in [4.69, 9.17) is 10.00 Å². The Balaban J connectivity index is 2.62. The molecular weight excluding hydrogens is 174 g/mol. The highest BCUT2D eigenvalue weighted by Crippen LogP contribution is 2.28. The van der Waals surface area contributed by atoms with Crippen LogP contribution in [0.3, 0.4) is 0 Å². The average Bonchev–Trinajstić information content (AvgIpc) is 2.52. The topological polar surface area (TPSA) is 61.7 Å². The number of rotatable bonds is 1. The van der Waals surface area contributed by atoms with Gasteiger partial charge >= 0.3 is 0 Å². The van der Waals surface area contributed by atoms with Crippen LogP contribution in [0.1, 0.15) is 5.01 Å². The molecule has 4 nitrogen and oxygen atoms in total. The summed E-state index contributed by atoms with van der Waals surface area (Å²) in [5.41, 5.74) is 0.735. The number of nitrogens with zero attached hydrogens (tertiary/aromatic N) is 2. The molecule has 2 aromatic heterocycles. The van der Waals surface area contributed by atoms with Crippen molar-refractivity contribution < 1.29 is 4.74 Å². The minimum absolute atomic E-state index is 0.497. The van der Waals surface area contributed by atoms with Gasteiger partial charge in [-0.05, 0) is 6.92 Å². The monoisotopic (exact) mass is 179 g/mol. The van der Waals surface area contributed by atoms with Crippen molar-refractivity contribution in [1.29, 1.82) is 5.26 Å². The van der Waals surface area contributed by atoms with Gasteiger partial charge in [0.2, 0.25) is 0 Å². The molecule has 0 bridgehead atoms. The van der Waals surface area contributed by atoms with E-state index in [1.807, 2.05) is 6.92 Å². The van der Waals surface area contributed by atoms with Gasteiger partial charge in [-0.25, -0.2) is 4.98 Å². The number of nitriles is 1. The summed E-state index contributed by atoms with van der Waals surface area (Å²) in [4.78, 5) is 8.12. The lowest BCUT2D eigenvalue weighted by Gasteiger charge is -1.85. The van der Waals surface area contributed by atoms with Crippen LogP contribution >= 0.6 is 11.3 Å². The zero-order valence-electron chi connectivity index (χ0n) is 6.29. The van der Waals surface area contributed by atoms with E-state index >= 15 is 0 Å². The van der Waals surface area contributed by atoms with Crippen molar-refractivity contribution in [2.45, 2.75) is 6.92 Å². The summed E-state index contributed by atoms with van der Waals surface area (Å²) in [7, 11) is 0. The quantitative estimate of drug-likeness (QED) is 0.679. The van der Waals surface area contributed by atoms with E-state index < -0.39 is 0 Å². The predicted octanol–water partition coefficient (Wildman–Crippen LogP) is 1.79. The molecule has 0 atom stereocenters. The fraction of sp³-hybridized carbons (Fsp3) is 0.143. The number of thiazole rings is 1. The Kier molecular flexibility index (Phi) is 1.48. The predicted molar refractivity (Wildman–Crippen MR) is 44.9 cm³/mol. The van der Waals surface area contributed by atoms with Crippen molar-refractivity contribution in [1.82, 2.24) is 9.97 Å². The molecule has 2 heterocycles. The summed E-state index contributed by atoms with van der Waals surface area (Å²) in [6, 6.07) is 0. The zero-order valence-corrected chi connectivity index (χ0v) is 7.10. The molecule has 5 heteroatoms.